The standard InChI is InChI=1S/C13H22N2OS/c1-9-6-5-7-15(9)12-14-11(13(2,3)4)10(8-16)17-12/h9,16H,5-8H2,1-4H3. The predicted octanol–water partition coefficient (Wildman–Crippen LogP) is 2.92. The first-order valence-electron chi connectivity index (χ1n) is 6.31. The van der Waals surface area contributed by atoms with Crippen LogP contribution in [0.2, 0.25) is 0 Å². The van der Waals surface area contributed by atoms with E-state index in [0.717, 1.165) is 22.2 Å². The lowest BCUT2D eigenvalue weighted by molar-refractivity contribution is 0.282. The van der Waals surface area contributed by atoms with Gasteiger partial charge in [0.1, 0.15) is 0 Å². The summed E-state index contributed by atoms with van der Waals surface area (Å²) < 4.78 is 0. The fourth-order valence-corrected chi connectivity index (χ4v) is 3.63. The Labute approximate surface area is 107 Å². The van der Waals surface area contributed by atoms with E-state index in [4.69, 9.17) is 4.98 Å². The van der Waals surface area contributed by atoms with Crippen molar-refractivity contribution in [3.63, 3.8) is 0 Å². The number of nitrogens with zero attached hydrogens (tertiary/aromatic N) is 2. The molecule has 0 saturated carbocycles. The van der Waals surface area contributed by atoms with Gasteiger partial charge < -0.3 is 10.0 Å². The van der Waals surface area contributed by atoms with E-state index in [-0.39, 0.29) is 12.0 Å². The minimum Gasteiger partial charge on any atom is -0.391 e. The van der Waals surface area contributed by atoms with Crippen LogP contribution in [0.1, 0.15) is 51.1 Å². The van der Waals surface area contributed by atoms with Crippen LogP contribution >= 0.6 is 11.3 Å². The SMILES string of the molecule is CC1CCCN1c1nc(C(C)(C)C)c(CO)s1. The van der Waals surface area contributed by atoms with Crippen LogP contribution in [0, 0.1) is 0 Å². The monoisotopic (exact) mass is 254 g/mol. The first-order valence-corrected chi connectivity index (χ1v) is 7.13. The maximum Gasteiger partial charge on any atom is 0.186 e. The Kier molecular flexibility index (Phi) is 3.46. The minimum absolute atomic E-state index is 0.00970. The molecule has 1 saturated heterocycles. The topological polar surface area (TPSA) is 36.4 Å². The number of rotatable bonds is 2. The number of thiazole rings is 1. The molecule has 2 rings (SSSR count). The average molecular weight is 254 g/mol. The van der Waals surface area contributed by atoms with Gasteiger partial charge in [0.25, 0.3) is 0 Å². The van der Waals surface area contributed by atoms with Crippen LogP contribution in [-0.2, 0) is 12.0 Å². The molecule has 2 heterocycles. The Hall–Kier alpha value is -0.610. The molecule has 1 fully saturated rings. The predicted molar refractivity (Wildman–Crippen MR) is 72.8 cm³/mol. The zero-order valence-corrected chi connectivity index (χ0v) is 12.0. The largest absolute Gasteiger partial charge is 0.391 e. The minimum atomic E-state index is 0.00970. The van der Waals surface area contributed by atoms with Crippen LogP contribution in [0.15, 0.2) is 0 Å². The van der Waals surface area contributed by atoms with E-state index in [1.54, 1.807) is 11.3 Å². The molecule has 0 spiro atoms. The van der Waals surface area contributed by atoms with Crippen molar-refractivity contribution in [1.29, 1.82) is 0 Å². The molecule has 1 aliphatic heterocycles. The van der Waals surface area contributed by atoms with E-state index in [9.17, 15) is 5.11 Å². The third-order valence-electron chi connectivity index (χ3n) is 3.34. The molecule has 1 aromatic heterocycles. The van der Waals surface area contributed by atoms with E-state index in [1.807, 2.05) is 0 Å². The molecule has 17 heavy (non-hydrogen) atoms. The van der Waals surface area contributed by atoms with Crippen molar-refractivity contribution in [3.05, 3.63) is 10.6 Å². The van der Waals surface area contributed by atoms with Gasteiger partial charge in [-0.15, -0.1) is 0 Å². The normalized spacial score (nSPS) is 21.2. The first kappa shape index (κ1) is 12.8. The molecule has 3 nitrogen and oxygen atoms in total. The number of aromatic nitrogens is 1. The number of aliphatic hydroxyl groups excluding tert-OH is 1. The fourth-order valence-electron chi connectivity index (χ4n) is 2.37. The molecule has 0 radical (unpaired) electrons. The fraction of sp³-hybridized carbons (Fsp3) is 0.769. The molecule has 0 bridgehead atoms. The number of aliphatic hydroxyl groups is 1. The molecule has 0 amide bonds. The molecule has 1 aromatic rings. The quantitative estimate of drug-likeness (QED) is 0.881. The molecule has 1 atom stereocenters. The zero-order chi connectivity index (χ0) is 12.6. The second-order valence-corrected chi connectivity index (χ2v) is 6.92. The number of anilines is 1. The highest BCUT2D eigenvalue weighted by Gasteiger charge is 2.28. The maximum atomic E-state index is 9.46. The third-order valence-corrected chi connectivity index (χ3v) is 4.42. The van der Waals surface area contributed by atoms with Crippen molar-refractivity contribution < 1.29 is 5.11 Å². The number of hydrogen-bond donors (Lipinski definition) is 1. The highest BCUT2D eigenvalue weighted by Crippen LogP contribution is 2.36. The lowest BCUT2D eigenvalue weighted by Gasteiger charge is -2.20. The van der Waals surface area contributed by atoms with Crippen molar-refractivity contribution >= 4 is 16.5 Å². The van der Waals surface area contributed by atoms with E-state index in [2.05, 4.69) is 32.6 Å². The summed E-state index contributed by atoms with van der Waals surface area (Å²) >= 11 is 1.65. The lowest BCUT2D eigenvalue weighted by Crippen LogP contribution is -2.26. The van der Waals surface area contributed by atoms with Gasteiger partial charge in [-0.2, -0.15) is 0 Å². The molecule has 0 aliphatic carbocycles. The van der Waals surface area contributed by atoms with E-state index in [0.29, 0.717) is 6.04 Å². The van der Waals surface area contributed by atoms with Crippen LogP contribution in [0.3, 0.4) is 0 Å². The van der Waals surface area contributed by atoms with Crippen molar-refractivity contribution in [2.45, 2.75) is 58.6 Å². The van der Waals surface area contributed by atoms with E-state index >= 15 is 0 Å². The van der Waals surface area contributed by atoms with Crippen molar-refractivity contribution in [2.75, 3.05) is 11.4 Å². The Morgan fingerprint density at radius 3 is 2.59 bits per heavy atom. The summed E-state index contributed by atoms with van der Waals surface area (Å²) in [6.07, 6.45) is 2.50. The molecule has 0 aromatic carbocycles. The van der Waals surface area contributed by atoms with Crippen LogP contribution in [0.4, 0.5) is 5.13 Å². The van der Waals surface area contributed by atoms with E-state index < -0.39 is 0 Å². The second-order valence-electron chi connectivity index (χ2n) is 5.86. The first-order chi connectivity index (χ1) is 7.93. The molecular weight excluding hydrogens is 232 g/mol. The van der Waals surface area contributed by atoms with Crippen LogP contribution < -0.4 is 4.90 Å². The lowest BCUT2D eigenvalue weighted by atomic mass is 9.91. The van der Waals surface area contributed by atoms with Gasteiger partial charge in [0.2, 0.25) is 0 Å². The zero-order valence-electron chi connectivity index (χ0n) is 11.2. The summed E-state index contributed by atoms with van der Waals surface area (Å²) in [6.45, 7) is 9.91. The molecule has 1 N–H and O–H groups in total. The van der Waals surface area contributed by atoms with Gasteiger partial charge in [-0.25, -0.2) is 4.98 Å². The van der Waals surface area contributed by atoms with Crippen molar-refractivity contribution in [2.24, 2.45) is 0 Å². The van der Waals surface area contributed by atoms with Crippen LogP contribution in [-0.4, -0.2) is 22.7 Å². The Balaban J connectivity index is 2.34. The Morgan fingerprint density at radius 2 is 2.18 bits per heavy atom. The smallest absolute Gasteiger partial charge is 0.186 e. The van der Waals surface area contributed by atoms with Gasteiger partial charge in [-0.1, -0.05) is 32.1 Å². The third kappa shape index (κ3) is 2.47. The summed E-state index contributed by atoms with van der Waals surface area (Å²) in [5.41, 5.74) is 1.06. The summed E-state index contributed by atoms with van der Waals surface area (Å²) in [5, 5.41) is 10.5. The van der Waals surface area contributed by atoms with Gasteiger partial charge in [-0.05, 0) is 19.8 Å². The van der Waals surface area contributed by atoms with Gasteiger partial charge in [0.05, 0.1) is 17.2 Å². The van der Waals surface area contributed by atoms with Gasteiger partial charge >= 0.3 is 0 Å². The Morgan fingerprint density at radius 1 is 1.47 bits per heavy atom. The molecule has 1 aliphatic rings. The van der Waals surface area contributed by atoms with Crippen molar-refractivity contribution in [1.82, 2.24) is 4.98 Å². The summed E-state index contributed by atoms with van der Waals surface area (Å²) in [4.78, 5) is 8.16. The molecular formula is C13H22N2OS. The summed E-state index contributed by atoms with van der Waals surface area (Å²) in [5.74, 6) is 0. The van der Waals surface area contributed by atoms with Crippen LogP contribution in [0.5, 0.6) is 0 Å². The summed E-state index contributed by atoms with van der Waals surface area (Å²) in [7, 11) is 0. The molecule has 4 heteroatoms. The summed E-state index contributed by atoms with van der Waals surface area (Å²) in [6, 6.07) is 0.584. The number of hydrogen-bond acceptors (Lipinski definition) is 4. The second kappa shape index (κ2) is 4.58. The van der Waals surface area contributed by atoms with Gasteiger partial charge in [0, 0.05) is 18.0 Å². The highest BCUT2D eigenvalue weighted by molar-refractivity contribution is 7.15. The molecule has 1 unspecified atom stereocenters. The average Bonchev–Trinajstić information content (AvgIpc) is 2.81. The van der Waals surface area contributed by atoms with Crippen LogP contribution in [0.25, 0.3) is 0 Å². The van der Waals surface area contributed by atoms with Gasteiger partial charge in [-0.3, -0.25) is 0 Å². The maximum absolute atomic E-state index is 9.46. The van der Waals surface area contributed by atoms with Crippen molar-refractivity contribution in [3.8, 4) is 0 Å². The molecule has 96 valence electrons. The van der Waals surface area contributed by atoms with E-state index in [1.165, 1.54) is 12.8 Å². The highest BCUT2D eigenvalue weighted by atomic mass is 32.1. The Bertz CT molecular complexity index is 395. The van der Waals surface area contributed by atoms with Gasteiger partial charge in [0.15, 0.2) is 5.13 Å².